The molecule has 2 N–H and O–H groups in total. The summed E-state index contributed by atoms with van der Waals surface area (Å²) in [6, 6.07) is 15.0. The van der Waals surface area contributed by atoms with Crippen molar-refractivity contribution in [1.29, 1.82) is 0 Å². The molecule has 0 saturated carbocycles. The van der Waals surface area contributed by atoms with E-state index in [1.165, 1.54) is 0 Å². The van der Waals surface area contributed by atoms with Gasteiger partial charge in [0, 0.05) is 23.7 Å². The van der Waals surface area contributed by atoms with E-state index in [0.29, 0.717) is 17.8 Å². The van der Waals surface area contributed by atoms with Crippen molar-refractivity contribution < 1.29 is 9.47 Å². The van der Waals surface area contributed by atoms with Gasteiger partial charge < -0.3 is 19.8 Å². The number of para-hydroxylation sites is 1. The maximum absolute atomic E-state index is 11.9. The number of benzene rings is 2. The minimum absolute atomic E-state index is 0.145. The maximum Gasteiger partial charge on any atom is 0.248 e. The first-order valence-electron chi connectivity index (χ1n) is 7.28. The molecule has 1 heterocycles. The fourth-order valence-corrected chi connectivity index (χ4v) is 2.55. The van der Waals surface area contributed by atoms with Gasteiger partial charge in [-0.05, 0) is 35.9 Å². The quantitative estimate of drug-likeness (QED) is 0.760. The minimum atomic E-state index is -0.145. The molecule has 0 aliphatic rings. The number of aromatic amines is 1. The van der Waals surface area contributed by atoms with Crippen LogP contribution in [0.1, 0.15) is 5.56 Å². The van der Waals surface area contributed by atoms with Crippen LogP contribution in [-0.4, -0.2) is 19.2 Å². The molecule has 0 bridgehead atoms. The van der Waals surface area contributed by atoms with Gasteiger partial charge in [-0.1, -0.05) is 12.1 Å². The fourth-order valence-electron chi connectivity index (χ4n) is 2.55. The van der Waals surface area contributed by atoms with Crippen LogP contribution in [0.25, 0.3) is 10.9 Å². The SMILES string of the molecule is COc1ccc(NCc2cc(=O)[nH]c3c(OC)cccc23)cc1. The number of nitrogens with one attached hydrogen (secondary N) is 2. The zero-order chi connectivity index (χ0) is 16.2. The van der Waals surface area contributed by atoms with Gasteiger partial charge in [-0.15, -0.1) is 0 Å². The van der Waals surface area contributed by atoms with Crippen molar-refractivity contribution in [3.8, 4) is 11.5 Å². The molecule has 0 atom stereocenters. The van der Waals surface area contributed by atoms with E-state index in [1.807, 2.05) is 42.5 Å². The summed E-state index contributed by atoms with van der Waals surface area (Å²) < 4.78 is 10.5. The van der Waals surface area contributed by atoms with Gasteiger partial charge in [0.2, 0.25) is 5.56 Å². The Balaban J connectivity index is 1.91. The lowest BCUT2D eigenvalue weighted by molar-refractivity contribution is 0.415. The molecule has 0 fully saturated rings. The van der Waals surface area contributed by atoms with E-state index in [2.05, 4.69) is 10.3 Å². The third-order valence-electron chi connectivity index (χ3n) is 3.72. The summed E-state index contributed by atoms with van der Waals surface area (Å²) in [5, 5.41) is 4.28. The Morgan fingerprint density at radius 3 is 2.52 bits per heavy atom. The van der Waals surface area contributed by atoms with Crippen LogP contribution in [0.4, 0.5) is 5.69 Å². The van der Waals surface area contributed by atoms with Crippen molar-refractivity contribution in [1.82, 2.24) is 4.98 Å². The van der Waals surface area contributed by atoms with Crippen LogP contribution in [0.5, 0.6) is 11.5 Å². The van der Waals surface area contributed by atoms with Gasteiger partial charge in [-0.2, -0.15) is 0 Å². The van der Waals surface area contributed by atoms with Gasteiger partial charge >= 0.3 is 0 Å². The number of rotatable bonds is 5. The molecule has 3 aromatic rings. The molecule has 0 spiro atoms. The third kappa shape index (κ3) is 3.13. The van der Waals surface area contributed by atoms with Crippen molar-refractivity contribution in [2.45, 2.75) is 6.54 Å². The Labute approximate surface area is 133 Å². The van der Waals surface area contributed by atoms with E-state index >= 15 is 0 Å². The molecule has 118 valence electrons. The van der Waals surface area contributed by atoms with Gasteiger partial charge in [0.25, 0.3) is 0 Å². The highest BCUT2D eigenvalue weighted by molar-refractivity contribution is 5.87. The van der Waals surface area contributed by atoms with E-state index in [9.17, 15) is 4.79 Å². The third-order valence-corrected chi connectivity index (χ3v) is 3.72. The van der Waals surface area contributed by atoms with Crippen LogP contribution in [0.15, 0.2) is 53.3 Å². The summed E-state index contributed by atoms with van der Waals surface area (Å²) in [4.78, 5) is 14.7. The Hall–Kier alpha value is -2.95. The molecule has 5 heteroatoms. The predicted molar refractivity (Wildman–Crippen MR) is 91.4 cm³/mol. The summed E-state index contributed by atoms with van der Waals surface area (Å²) in [7, 11) is 3.23. The van der Waals surface area contributed by atoms with Gasteiger partial charge in [0.1, 0.15) is 11.5 Å². The number of H-pyrrole nitrogens is 1. The molecular formula is C18H18N2O3. The van der Waals surface area contributed by atoms with E-state index in [1.54, 1.807) is 20.3 Å². The Morgan fingerprint density at radius 1 is 1.04 bits per heavy atom. The monoisotopic (exact) mass is 310 g/mol. The fraction of sp³-hybridized carbons (Fsp3) is 0.167. The number of ether oxygens (including phenoxy) is 2. The highest BCUT2D eigenvalue weighted by Gasteiger charge is 2.07. The zero-order valence-corrected chi connectivity index (χ0v) is 13.1. The molecule has 0 unspecified atom stereocenters. The number of hydrogen-bond donors (Lipinski definition) is 2. The van der Waals surface area contributed by atoms with E-state index in [0.717, 1.165) is 22.4 Å². The number of hydrogen-bond acceptors (Lipinski definition) is 4. The average molecular weight is 310 g/mol. The normalized spacial score (nSPS) is 10.5. The summed E-state index contributed by atoms with van der Waals surface area (Å²) in [5.74, 6) is 1.47. The largest absolute Gasteiger partial charge is 0.497 e. The van der Waals surface area contributed by atoms with Crippen molar-refractivity contribution in [2.24, 2.45) is 0 Å². The van der Waals surface area contributed by atoms with Gasteiger partial charge in [-0.3, -0.25) is 4.79 Å². The molecule has 3 rings (SSSR count). The van der Waals surface area contributed by atoms with Crippen LogP contribution in [0.3, 0.4) is 0 Å². The molecule has 0 aliphatic heterocycles. The number of aromatic nitrogens is 1. The van der Waals surface area contributed by atoms with E-state index < -0.39 is 0 Å². The second kappa shape index (κ2) is 6.44. The highest BCUT2D eigenvalue weighted by atomic mass is 16.5. The molecule has 5 nitrogen and oxygen atoms in total. The molecule has 2 aromatic carbocycles. The van der Waals surface area contributed by atoms with Gasteiger partial charge in [0.15, 0.2) is 0 Å². The molecule has 0 radical (unpaired) electrons. The maximum atomic E-state index is 11.9. The molecule has 1 aromatic heterocycles. The molecule has 0 amide bonds. The summed E-state index contributed by atoms with van der Waals surface area (Å²) in [6.45, 7) is 0.542. The van der Waals surface area contributed by atoms with Crippen LogP contribution in [0, 0.1) is 0 Å². The molecular weight excluding hydrogens is 292 g/mol. The van der Waals surface area contributed by atoms with Crippen LogP contribution >= 0.6 is 0 Å². The number of pyridine rings is 1. The van der Waals surface area contributed by atoms with Crippen LogP contribution in [-0.2, 0) is 6.54 Å². The Bertz CT molecular complexity index is 870. The lowest BCUT2D eigenvalue weighted by Gasteiger charge is -2.11. The first-order chi connectivity index (χ1) is 11.2. The smallest absolute Gasteiger partial charge is 0.248 e. The van der Waals surface area contributed by atoms with Crippen LogP contribution in [0.2, 0.25) is 0 Å². The first-order valence-corrected chi connectivity index (χ1v) is 7.28. The Morgan fingerprint density at radius 2 is 1.83 bits per heavy atom. The number of fused-ring (bicyclic) bond motifs is 1. The van der Waals surface area contributed by atoms with Crippen molar-refractivity contribution in [2.75, 3.05) is 19.5 Å². The predicted octanol–water partition coefficient (Wildman–Crippen LogP) is 3.16. The Kier molecular flexibility index (Phi) is 4.19. The van der Waals surface area contributed by atoms with Crippen molar-refractivity contribution >= 4 is 16.6 Å². The lowest BCUT2D eigenvalue weighted by Crippen LogP contribution is -2.10. The van der Waals surface area contributed by atoms with Gasteiger partial charge in [0.05, 0.1) is 19.7 Å². The molecule has 0 saturated heterocycles. The first kappa shape index (κ1) is 15.0. The highest BCUT2D eigenvalue weighted by Crippen LogP contribution is 2.25. The second-order valence-electron chi connectivity index (χ2n) is 5.12. The van der Waals surface area contributed by atoms with E-state index in [4.69, 9.17) is 9.47 Å². The summed E-state index contributed by atoms with van der Waals surface area (Å²) in [5.41, 5.74) is 2.45. The van der Waals surface area contributed by atoms with Crippen molar-refractivity contribution in [3.05, 3.63) is 64.4 Å². The van der Waals surface area contributed by atoms with E-state index in [-0.39, 0.29) is 5.56 Å². The average Bonchev–Trinajstić information content (AvgIpc) is 2.59. The molecule has 23 heavy (non-hydrogen) atoms. The van der Waals surface area contributed by atoms with Crippen molar-refractivity contribution in [3.63, 3.8) is 0 Å². The summed E-state index contributed by atoms with van der Waals surface area (Å²) in [6.07, 6.45) is 0. The van der Waals surface area contributed by atoms with Crippen LogP contribution < -0.4 is 20.3 Å². The standard InChI is InChI=1S/C18H18N2O3/c1-22-14-8-6-13(7-9-14)19-11-12-10-17(21)20-18-15(12)4-3-5-16(18)23-2/h3-10,19H,11H2,1-2H3,(H,20,21). The summed E-state index contributed by atoms with van der Waals surface area (Å²) >= 11 is 0. The topological polar surface area (TPSA) is 63.3 Å². The lowest BCUT2D eigenvalue weighted by atomic mass is 10.1. The molecule has 0 aliphatic carbocycles. The number of anilines is 1. The van der Waals surface area contributed by atoms with Gasteiger partial charge in [-0.25, -0.2) is 0 Å². The number of methoxy groups -OCH3 is 2. The minimum Gasteiger partial charge on any atom is -0.497 e. The second-order valence-corrected chi connectivity index (χ2v) is 5.12. The zero-order valence-electron chi connectivity index (χ0n) is 13.1.